The number of alkyl halides is 3. The van der Waals surface area contributed by atoms with E-state index in [-0.39, 0.29) is 23.0 Å². The Labute approximate surface area is 192 Å². The number of rotatable bonds is 4. The molecule has 1 aliphatic heterocycles. The molecule has 4 rings (SSSR count). The molecule has 2 aliphatic rings. The minimum atomic E-state index is -5.58. The van der Waals surface area contributed by atoms with Gasteiger partial charge in [-0.25, -0.2) is 18.1 Å². The Morgan fingerprint density at radius 3 is 2.21 bits per heavy atom. The van der Waals surface area contributed by atoms with Gasteiger partial charge in [-0.1, -0.05) is 6.92 Å². The number of aromatic nitrogens is 1. The summed E-state index contributed by atoms with van der Waals surface area (Å²) in [4.78, 5) is 45.4. The van der Waals surface area contributed by atoms with Gasteiger partial charge < -0.3 is 4.90 Å². The second-order valence-electron chi connectivity index (χ2n) is 8.33. The van der Waals surface area contributed by atoms with E-state index < -0.39 is 43.6 Å². The van der Waals surface area contributed by atoms with E-state index in [9.17, 15) is 36.0 Å². The minimum Gasteiger partial charge on any atom is -0.343 e. The molecule has 0 radical (unpaired) electrons. The van der Waals surface area contributed by atoms with Gasteiger partial charge in [0.05, 0.1) is 16.3 Å². The van der Waals surface area contributed by atoms with Gasteiger partial charge in [0.2, 0.25) is 0 Å². The number of urea groups is 1. The summed E-state index contributed by atoms with van der Waals surface area (Å²) >= 11 is 0. The lowest BCUT2D eigenvalue weighted by Crippen LogP contribution is -2.39. The number of amides is 4. The molecule has 1 saturated heterocycles. The van der Waals surface area contributed by atoms with Crippen molar-refractivity contribution < 1.29 is 36.0 Å². The summed E-state index contributed by atoms with van der Waals surface area (Å²) in [5.74, 6) is -1.22. The number of carbonyl (C=O) groups is 3. The molecule has 13 heteroatoms. The van der Waals surface area contributed by atoms with Crippen molar-refractivity contribution in [2.45, 2.75) is 29.3 Å². The molecule has 1 aromatic carbocycles. The molecule has 180 valence electrons. The number of hydrogen-bond donors (Lipinski definition) is 0. The summed E-state index contributed by atoms with van der Waals surface area (Å²) in [6.07, 6.45) is 1.68. The normalized spacial score (nSPS) is 22.5. The Hall–Kier alpha value is -3.48. The predicted octanol–water partition coefficient (Wildman–Crippen LogP) is 2.83. The number of imide groups is 1. The average molecular weight is 496 g/mol. The molecule has 0 N–H and O–H groups in total. The van der Waals surface area contributed by atoms with Crippen LogP contribution in [-0.2, 0) is 14.6 Å². The molecule has 4 amide bonds. The van der Waals surface area contributed by atoms with Gasteiger partial charge in [0, 0.05) is 20.3 Å². The van der Waals surface area contributed by atoms with Gasteiger partial charge in [0.15, 0.2) is 0 Å². The number of pyridine rings is 1. The van der Waals surface area contributed by atoms with E-state index in [4.69, 9.17) is 0 Å². The summed E-state index contributed by atoms with van der Waals surface area (Å²) in [6.45, 7) is 1.77. The van der Waals surface area contributed by atoms with E-state index in [0.717, 1.165) is 17.0 Å². The van der Waals surface area contributed by atoms with Crippen molar-refractivity contribution in [3.8, 4) is 0 Å². The summed E-state index contributed by atoms with van der Waals surface area (Å²) in [5, 5.41) is 0. The van der Waals surface area contributed by atoms with E-state index >= 15 is 0 Å². The van der Waals surface area contributed by atoms with E-state index in [2.05, 4.69) is 4.98 Å². The molecule has 1 aromatic heterocycles. The summed E-state index contributed by atoms with van der Waals surface area (Å²) in [7, 11) is -2.50. The third kappa shape index (κ3) is 3.33. The van der Waals surface area contributed by atoms with Crippen molar-refractivity contribution in [3.05, 3.63) is 48.3 Å². The van der Waals surface area contributed by atoms with Gasteiger partial charge in [0.1, 0.15) is 11.2 Å². The maximum absolute atomic E-state index is 13.4. The molecule has 2 heterocycles. The highest BCUT2D eigenvalue weighted by molar-refractivity contribution is 7.92. The van der Waals surface area contributed by atoms with Crippen LogP contribution in [0.15, 0.2) is 47.5 Å². The van der Waals surface area contributed by atoms with E-state index in [1.807, 2.05) is 0 Å². The second-order valence-corrected chi connectivity index (χ2v) is 10.3. The first-order valence-corrected chi connectivity index (χ1v) is 11.5. The van der Waals surface area contributed by atoms with Crippen LogP contribution in [0, 0.1) is 5.92 Å². The van der Waals surface area contributed by atoms with Crippen LogP contribution in [0.1, 0.15) is 23.8 Å². The number of benzene rings is 1. The lowest BCUT2D eigenvalue weighted by Gasteiger charge is -2.23. The summed E-state index contributed by atoms with van der Waals surface area (Å²) in [6, 6.07) is 5.46. The highest BCUT2D eigenvalue weighted by Gasteiger charge is 2.70. The summed E-state index contributed by atoms with van der Waals surface area (Å²) < 4.78 is 61.7. The number of sulfone groups is 1. The standard InChI is InChI=1S/C21H19F3N4O5S/c1-12-11-20(12)18(30)27(13-4-6-15(7-5-13)34(32,33)21(22,23)24)19(31)28(20)14-8-9-25-16(10-14)17(29)26(2)3/h4-10,12H,11H2,1-3H3. The van der Waals surface area contributed by atoms with Gasteiger partial charge >= 0.3 is 11.5 Å². The largest absolute Gasteiger partial charge is 0.501 e. The molecule has 1 spiro atoms. The van der Waals surface area contributed by atoms with Crippen LogP contribution in [0.25, 0.3) is 0 Å². The maximum Gasteiger partial charge on any atom is 0.501 e. The van der Waals surface area contributed by atoms with Crippen LogP contribution >= 0.6 is 0 Å². The Bertz CT molecular complexity index is 1310. The van der Waals surface area contributed by atoms with E-state index in [1.165, 1.54) is 42.2 Å². The fraction of sp³-hybridized carbons (Fsp3) is 0.333. The first-order valence-electron chi connectivity index (χ1n) is 10.0. The minimum absolute atomic E-state index is 0.0614. The van der Waals surface area contributed by atoms with Crippen LogP contribution in [0.2, 0.25) is 0 Å². The molecule has 0 bridgehead atoms. The van der Waals surface area contributed by atoms with Gasteiger partial charge in [0.25, 0.3) is 21.7 Å². The molecule has 2 unspecified atom stereocenters. The zero-order chi connectivity index (χ0) is 25.2. The number of carbonyl (C=O) groups excluding carboxylic acids is 3. The van der Waals surface area contributed by atoms with E-state index in [1.54, 1.807) is 6.92 Å². The molecule has 2 aromatic rings. The Morgan fingerprint density at radius 2 is 1.71 bits per heavy atom. The molecular formula is C21H19F3N4O5S. The summed E-state index contributed by atoms with van der Waals surface area (Å²) in [5.41, 5.74) is -6.45. The SMILES string of the molecule is CC1CC12C(=O)N(c1ccc(S(=O)(=O)C(F)(F)F)cc1)C(=O)N2c1ccnc(C(=O)N(C)C)c1. The third-order valence-corrected chi connectivity index (χ3v) is 7.47. The highest BCUT2D eigenvalue weighted by atomic mass is 32.2. The van der Waals surface area contributed by atoms with Gasteiger partial charge in [-0.3, -0.25) is 19.5 Å². The molecule has 9 nitrogen and oxygen atoms in total. The fourth-order valence-corrected chi connectivity index (χ4v) is 4.81. The van der Waals surface area contributed by atoms with Crippen molar-refractivity contribution in [3.63, 3.8) is 0 Å². The predicted molar refractivity (Wildman–Crippen MR) is 114 cm³/mol. The zero-order valence-corrected chi connectivity index (χ0v) is 19.0. The molecule has 2 atom stereocenters. The van der Waals surface area contributed by atoms with Gasteiger partial charge in [-0.2, -0.15) is 13.2 Å². The lowest BCUT2D eigenvalue weighted by atomic mass is 10.1. The van der Waals surface area contributed by atoms with E-state index in [0.29, 0.717) is 18.6 Å². The molecule has 2 fully saturated rings. The highest BCUT2D eigenvalue weighted by Crippen LogP contribution is 2.55. The number of nitrogens with zero attached hydrogens (tertiary/aromatic N) is 4. The Kier molecular flexibility index (Phi) is 5.23. The Morgan fingerprint density at radius 1 is 1.12 bits per heavy atom. The monoisotopic (exact) mass is 496 g/mol. The van der Waals surface area contributed by atoms with Crippen LogP contribution in [0.3, 0.4) is 0 Å². The van der Waals surface area contributed by atoms with Crippen LogP contribution < -0.4 is 9.80 Å². The molecule has 34 heavy (non-hydrogen) atoms. The van der Waals surface area contributed by atoms with Crippen molar-refractivity contribution in [2.75, 3.05) is 23.9 Å². The quantitative estimate of drug-likeness (QED) is 0.603. The maximum atomic E-state index is 13.4. The average Bonchev–Trinajstić information content (AvgIpc) is 3.38. The first kappa shape index (κ1) is 23.7. The lowest BCUT2D eigenvalue weighted by molar-refractivity contribution is -0.119. The van der Waals surface area contributed by atoms with Gasteiger partial charge in [-0.15, -0.1) is 0 Å². The van der Waals surface area contributed by atoms with Gasteiger partial charge in [-0.05, 0) is 48.7 Å². The van der Waals surface area contributed by atoms with Crippen LogP contribution in [0.5, 0.6) is 0 Å². The molecule has 1 saturated carbocycles. The van der Waals surface area contributed by atoms with Crippen molar-refractivity contribution in [2.24, 2.45) is 5.92 Å². The number of hydrogen-bond acceptors (Lipinski definition) is 6. The molecule has 1 aliphatic carbocycles. The van der Waals surface area contributed by atoms with Crippen LogP contribution in [-0.4, -0.2) is 61.3 Å². The smallest absolute Gasteiger partial charge is 0.343 e. The van der Waals surface area contributed by atoms with Crippen LogP contribution in [0.4, 0.5) is 29.3 Å². The van der Waals surface area contributed by atoms with Crippen molar-refractivity contribution in [1.29, 1.82) is 0 Å². The molecular weight excluding hydrogens is 477 g/mol. The number of halogens is 3. The number of anilines is 2. The third-order valence-electron chi connectivity index (χ3n) is 5.96. The fourth-order valence-electron chi connectivity index (χ4n) is 4.05. The topological polar surface area (TPSA) is 108 Å². The Balaban J connectivity index is 1.73. The van der Waals surface area contributed by atoms with Crippen molar-refractivity contribution in [1.82, 2.24) is 9.88 Å². The zero-order valence-electron chi connectivity index (χ0n) is 18.2. The second kappa shape index (κ2) is 7.52. The first-order chi connectivity index (χ1) is 15.7. The van der Waals surface area contributed by atoms with Crippen molar-refractivity contribution >= 4 is 39.1 Å².